The van der Waals surface area contributed by atoms with Gasteiger partial charge in [-0.05, 0) is 18.6 Å². The zero-order valence-corrected chi connectivity index (χ0v) is 12.6. The van der Waals surface area contributed by atoms with Crippen LogP contribution < -0.4 is 5.32 Å². The summed E-state index contributed by atoms with van der Waals surface area (Å²) in [7, 11) is 0. The zero-order chi connectivity index (χ0) is 14.4. The fourth-order valence-corrected chi connectivity index (χ4v) is 3.18. The Bertz CT molecular complexity index is 623. The normalized spacial score (nSPS) is 11.5. The molecule has 6 heteroatoms. The summed E-state index contributed by atoms with van der Waals surface area (Å²) in [6, 6.07) is 3.47. The average Bonchev–Trinajstić information content (AvgIpc) is 3.13. The van der Waals surface area contributed by atoms with Gasteiger partial charge in [0.2, 0.25) is 0 Å². The van der Waals surface area contributed by atoms with Crippen LogP contribution in [0.15, 0.2) is 23.7 Å². The van der Waals surface area contributed by atoms with Crippen LogP contribution in [0.3, 0.4) is 0 Å². The maximum absolute atomic E-state index is 12.2. The first-order chi connectivity index (χ1) is 9.74. The van der Waals surface area contributed by atoms with Crippen molar-refractivity contribution >= 4 is 28.6 Å². The lowest BCUT2D eigenvalue weighted by molar-refractivity contribution is 0.0939. The van der Waals surface area contributed by atoms with Gasteiger partial charge in [-0.3, -0.25) is 4.79 Å². The van der Waals surface area contributed by atoms with E-state index in [1.165, 1.54) is 22.7 Å². The maximum Gasteiger partial charge on any atom is 0.261 e. The van der Waals surface area contributed by atoms with E-state index in [-0.39, 0.29) is 18.6 Å². The van der Waals surface area contributed by atoms with Gasteiger partial charge in [-0.15, -0.1) is 22.7 Å². The minimum absolute atomic E-state index is 0.0587. The number of thiazole rings is 1. The number of carbonyl (C=O) groups excluding carboxylic acids is 1. The van der Waals surface area contributed by atoms with Gasteiger partial charge in [-0.25, -0.2) is 4.98 Å². The second-order valence-electron chi connectivity index (χ2n) is 3.93. The molecule has 2 N–H and O–H groups in total. The summed E-state index contributed by atoms with van der Waals surface area (Å²) in [5.74, 6) is 5.24. The van der Waals surface area contributed by atoms with Crippen molar-refractivity contribution in [1.82, 2.24) is 10.3 Å². The number of nitrogens with one attached hydrogen (secondary N) is 1. The number of aromatic nitrogens is 1. The molecule has 2 rings (SSSR count). The molecule has 0 aliphatic rings. The van der Waals surface area contributed by atoms with Crippen molar-refractivity contribution in [2.24, 2.45) is 0 Å². The number of thiophene rings is 1. The number of aliphatic hydroxyl groups excluding tert-OH is 1. The molecule has 0 aromatic carbocycles. The van der Waals surface area contributed by atoms with Crippen molar-refractivity contribution in [2.45, 2.75) is 19.4 Å². The van der Waals surface area contributed by atoms with Gasteiger partial charge in [-0.2, -0.15) is 0 Å². The number of nitrogens with zero attached hydrogens (tertiary/aromatic N) is 1. The van der Waals surface area contributed by atoms with E-state index < -0.39 is 0 Å². The molecule has 0 aliphatic carbocycles. The van der Waals surface area contributed by atoms with Gasteiger partial charge in [0.15, 0.2) is 0 Å². The molecule has 0 saturated heterocycles. The molecular formula is C14H14N2O2S2. The van der Waals surface area contributed by atoms with Crippen molar-refractivity contribution < 1.29 is 9.90 Å². The summed E-state index contributed by atoms with van der Waals surface area (Å²) in [5.41, 5.74) is 0. The predicted molar refractivity (Wildman–Crippen MR) is 80.9 cm³/mol. The highest BCUT2D eigenvalue weighted by Gasteiger charge is 2.17. The molecule has 0 fully saturated rings. The highest BCUT2D eigenvalue weighted by atomic mass is 32.1. The standard InChI is InChI=1S/C14H14N2O2S2/c1-2-11(14-15-7-9-19-14)16-13(18)12-6-5-10(20-12)4-3-8-17/h5-7,9,11,17H,2,8H2,1H3,(H,16,18). The third kappa shape index (κ3) is 3.67. The monoisotopic (exact) mass is 306 g/mol. The molecule has 0 radical (unpaired) electrons. The van der Waals surface area contributed by atoms with E-state index in [0.717, 1.165) is 16.3 Å². The van der Waals surface area contributed by atoms with Gasteiger partial charge in [0.1, 0.15) is 11.6 Å². The minimum atomic E-state index is -0.179. The summed E-state index contributed by atoms with van der Waals surface area (Å²) >= 11 is 2.85. The molecule has 0 spiro atoms. The number of rotatable bonds is 4. The van der Waals surface area contributed by atoms with Gasteiger partial charge in [-0.1, -0.05) is 18.8 Å². The molecule has 0 saturated carbocycles. The van der Waals surface area contributed by atoms with Crippen molar-refractivity contribution in [3.8, 4) is 11.8 Å². The van der Waals surface area contributed by atoms with E-state index in [1.807, 2.05) is 12.3 Å². The molecule has 1 atom stereocenters. The maximum atomic E-state index is 12.2. The van der Waals surface area contributed by atoms with E-state index in [9.17, 15) is 4.79 Å². The molecule has 2 heterocycles. The Hall–Kier alpha value is -1.68. The number of hydrogen-bond acceptors (Lipinski definition) is 5. The third-order valence-corrected chi connectivity index (χ3v) is 4.47. The molecule has 104 valence electrons. The van der Waals surface area contributed by atoms with Gasteiger partial charge in [0.25, 0.3) is 5.91 Å². The Morgan fingerprint density at radius 3 is 3.05 bits per heavy atom. The summed E-state index contributed by atoms with van der Waals surface area (Å²) in [4.78, 5) is 17.8. The van der Waals surface area contributed by atoms with E-state index in [4.69, 9.17) is 5.11 Å². The summed E-state index contributed by atoms with van der Waals surface area (Å²) in [6.45, 7) is 1.83. The summed E-state index contributed by atoms with van der Waals surface area (Å²) in [5, 5.41) is 14.4. The first-order valence-electron chi connectivity index (χ1n) is 6.14. The van der Waals surface area contributed by atoms with Gasteiger partial charge in [0.05, 0.1) is 15.8 Å². The topological polar surface area (TPSA) is 62.2 Å². The first-order valence-corrected chi connectivity index (χ1v) is 7.84. The summed E-state index contributed by atoms with van der Waals surface area (Å²) in [6.07, 6.45) is 2.53. The SMILES string of the molecule is CCC(NC(=O)c1ccc(C#CCO)s1)c1nccs1. The zero-order valence-electron chi connectivity index (χ0n) is 10.9. The van der Waals surface area contributed by atoms with Crippen molar-refractivity contribution in [3.63, 3.8) is 0 Å². The van der Waals surface area contributed by atoms with Crippen LogP contribution in [-0.4, -0.2) is 22.6 Å². The van der Waals surface area contributed by atoms with Crippen LogP contribution in [0.1, 0.15) is 38.9 Å². The second-order valence-corrected chi connectivity index (χ2v) is 5.94. The third-order valence-electron chi connectivity index (χ3n) is 2.58. The molecule has 2 aromatic rings. The Kier molecular flexibility index (Phi) is 5.30. The van der Waals surface area contributed by atoms with Gasteiger partial charge >= 0.3 is 0 Å². The predicted octanol–water partition coefficient (Wildman–Crippen LogP) is 2.43. The molecule has 20 heavy (non-hydrogen) atoms. The van der Waals surface area contributed by atoms with Crippen LogP contribution in [-0.2, 0) is 0 Å². The summed E-state index contributed by atoms with van der Waals surface area (Å²) < 4.78 is 0. The molecule has 0 aliphatic heterocycles. The number of hydrogen-bond donors (Lipinski definition) is 2. The Balaban J connectivity index is 2.05. The molecule has 0 bridgehead atoms. The smallest absolute Gasteiger partial charge is 0.261 e. The highest BCUT2D eigenvalue weighted by Crippen LogP contribution is 2.21. The van der Waals surface area contributed by atoms with Crippen LogP contribution in [0, 0.1) is 11.8 Å². The van der Waals surface area contributed by atoms with E-state index in [0.29, 0.717) is 4.88 Å². The molecule has 1 amide bonds. The van der Waals surface area contributed by atoms with Crippen LogP contribution in [0.5, 0.6) is 0 Å². The largest absolute Gasteiger partial charge is 0.384 e. The minimum Gasteiger partial charge on any atom is -0.384 e. The molecule has 1 unspecified atom stereocenters. The van der Waals surface area contributed by atoms with E-state index in [2.05, 4.69) is 22.1 Å². The number of aliphatic hydroxyl groups is 1. The quantitative estimate of drug-likeness (QED) is 0.853. The molecule has 4 nitrogen and oxygen atoms in total. The lowest BCUT2D eigenvalue weighted by atomic mass is 10.2. The second kappa shape index (κ2) is 7.20. The molecular weight excluding hydrogens is 292 g/mol. The van der Waals surface area contributed by atoms with E-state index in [1.54, 1.807) is 18.3 Å². The van der Waals surface area contributed by atoms with Crippen molar-refractivity contribution in [2.75, 3.05) is 6.61 Å². The van der Waals surface area contributed by atoms with Gasteiger partial charge < -0.3 is 10.4 Å². The van der Waals surface area contributed by atoms with Crippen LogP contribution in [0.4, 0.5) is 0 Å². The highest BCUT2D eigenvalue weighted by molar-refractivity contribution is 7.14. The number of carbonyl (C=O) groups is 1. The van der Waals surface area contributed by atoms with E-state index >= 15 is 0 Å². The van der Waals surface area contributed by atoms with Crippen LogP contribution >= 0.6 is 22.7 Å². The fraction of sp³-hybridized carbons (Fsp3) is 0.286. The average molecular weight is 306 g/mol. The lowest BCUT2D eigenvalue weighted by Gasteiger charge is -2.13. The van der Waals surface area contributed by atoms with Crippen molar-refractivity contribution in [3.05, 3.63) is 38.5 Å². The van der Waals surface area contributed by atoms with Crippen LogP contribution in [0.25, 0.3) is 0 Å². The fourth-order valence-electron chi connectivity index (χ4n) is 1.63. The van der Waals surface area contributed by atoms with Gasteiger partial charge in [0, 0.05) is 11.6 Å². The number of amides is 1. The van der Waals surface area contributed by atoms with Crippen molar-refractivity contribution in [1.29, 1.82) is 0 Å². The van der Waals surface area contributed by atoms with Crippen LogP contribution in [0.2, 0.25) is 0 Å². The molecule has 2 aromatic heterocycles. The Morgan fingerprint density at radius 1 is 1.55 bits per heavy atom. The lowest BCUT2D eigenvalue weighted by Crippen LogP contribution is -2.27. The Labute approximate surface area is 125 Å². The first kappa shape index (κ1) is 14.7. The Morgan fingerprint density at radius 2 is 2.40 bits per heavy atom.